The number of ether oxygens (including phenoxy) is 14. The van der Waals surface area contributed by atoms with E-state index in [-0.39, 0.29) is 93.2 Å². The summed E-state index contributed by atoms with van der Waals surface area (Å²) in [6.07, 6.45) is 1.75. The molecule has 0 radical (unpaired) electrons. The summed E-state index contributed by atoms with van der Waals surface area (Å²) in [7, 11) is 0. The molecular weight excluding hydrogens is 1100 g/mol. The molecule has 6 aromatic carbocycles. The lowest BCUT2D eigenvalue weighted by Gasteiger charge is -2.30. The van der Waals surface area contributed by atoms with Crippen LogP contribution in [0.2, 0.25) is 0 Å². The van der Waals surface area contributed by atoms with Crippen LogP contribution in [-0.2, 0) is 77.1 Å². The van der Waals surface area contributed by atoms with Crippen molar-refractivity contribution in [1.29, 1.82) is 0 Å². The fourth-order valence-corrected chi connectivity index (χ4v) is 10.8. The molecule has 20 heteroatoms. The Bertz CT molecular complexity index is 3260. The first-order valence-electron chi connectivity index (χ1n) is 28.4. The molecule has 5 atom stereocenters. The number of hydrogen-bond acceptors (Lipinski definition) is 20. The second-order valence-corrected chi connectivity index (χ2v) is 23.1. The van der Waals surface area contributed by atoms with Gasteiger partial charge in [0.05, 0.1) is 64.0 Å². The van der Waals surface area contributed by atoms with E-state index in [9.17, 15) is 9.59 Å². The van der Waals surface area contributed by atoms with Gasteiger partial charge in [0.2, 0.25) is 11.5 Å². The second kappa shape index (κ2) is 25.7. The van der Waals surface area contributed by atoms with Gasteiger partial charge in [-0.05, 0) is 154 Å². The van der Waals surface area contributed by atoms with Crippen LogP contribution < -0.4 is 38.2 Å². The fourth-order valence-electron chi connectivity index (χ4n) is 10.8. The first-order valence-corrected chi connectivity index (χ1v) is 28.4. The minimum Gasteiger partial charge on any atom is -0.468 e. The van der Waals surface area contributed by atoms with E-state index in [4.69, 9.17) is 85.9 Å². The Morgan fingerprint density at radius 3 is 1.04 bits per heavy atom. The number of hydrogen-bond donors (Lipinski definition) is 0. The fraction of sp³-hybridized carbons (Fsp3) is 0.415. The molecule has 0 aromatic heterocycles. The number of fused-ring (bicyclic) bond motifs is 4. The zero-order valence-corrected chi connectivity index (χ0v) is 47.8. The smallest absolute Gasteiger partial charge is 0.343 e. The summed E-state index contributed by atoms with van der Waals surface area (Å²) < 4.78 is 78.4. The predicted octanol–water partition coefficient (Wildman–Crippen LogP) is 9.80. The van der Waals surface area contributed by atoms with Crippen molar-refractivity contribution in [2.75, 3.05) is 80.0 Å². The quantitative estimate of drug-likeness (QED) is 0.00731. The molecule has 4 heterocycles. The van der Waals surface area contributed by atoms with E-state index in [2.05, 4.69) is 27.7 Å². The molecule has 4 saturated heterocycles. The number of rotatable bonds is 32. The zero-order chi connectivity index (χ0) is 58.4. The SMILES string of the molecule is CC1(C)CC2(CC(C)(C)c3cc(OC(=O)c4ccc(OCOCC5CO5)cc4)c(OC(=O)c4ccc(OCOCC5CO5)cc4)cc32)c2cc(OOCc3ccc(OCOCC4CO4)cc3)c(OOCc3ccc(OCOCC4CO4)cc3)cc21. The Hall–Kier alpha value is -7.34. The highest BCUT2D eigenvalue weighted by molar-refractivity contribution is 5.93. The van der Waals surface area contributed by atoms with Gasteiger partial charge >= 0.3 is 11.9 Å². The number of carbonyl (C=O) groups excluding carboxylic acids is 2. The average Bonchev–Trinajstić information content (AvgIpc) is 1.61. The van der Waals surface area contributed by atoms with Crippen LogP contribution in [0.1, 0.15) is 94.6 Å². The second-order valence-electron chi connectivity index (χ2n) is 23.1. The standard InChI is InChI=1S/C65H68O20/c1-63(2)35-65(55-23-58(83-62(67)44-11-19-48(20-12-44)79-40-71-30-52-34-75-52)57(21-53(55)63)82-61(66)43-9-17-47(18-10-43)78-39-70-29-51-33-74-51)36-64(3,4)54-22-59(84-80-25-41-5-13-45(14-6-41)76-37-68-27-49-31-72-49)60(24-56(54)65)85-81-26-42-7-15-46(16-8-42)77-38-69-28-50-32-73-50/h5-24,49-52H,25-40H2,1-4H3. The van der Waals surface area contributed by atoms with Crippen molar-refractivity contribution in [2.45, 2.75) is 94.4 Å². The van der Waals surface area contributed by atoms with Gasteiger partial charge < -0.3 is 76.1 Å². The molecule has 6 aliphatic rings. The van der Waals surface area contributed by atoms with E-state index in [1.807, 2.05) is 72.8 Å². The van der Waals surface area contributed by atoms with Crippen LogP contribution in [0.25, 0.3) is 0 Å². The Morgan fingerprint density at radius 1 is 0.412 bits per heavy atom. The molecule has 12 rings (SSSR count). The predicted molar refractivity (Wildman–Crippen MR) is 300 cm³/mol. The first kappa shape index (κ1) is 58.1. The molecular formula is C65H68O20. The van der Waals surface area contributed by atoms with Gasteiger partial charge in [0.1, 0.15) is 60.6 Å². The molecule has 2 aliphatic carbocycles. The summed E-state index contributed by atoms with van der Waals surface area (Å²) in [5.41, 5.74) is 4.23. The number of epoxide rings is 4. The molecule has 5 unspecified atom stereocenters. The molecule has 4 fully saturated rings. The lowest BCUT2D eigenvalue weighted by atomic mass is 9.72. The maximum atomic E-state index is 14.3. The van der Waals surface area contributed by atoms with Crippen molar-refractivity contribution in [3.63, 3.8) is 0 Å². The molecule has 1 spiro atoms. The van der Waals surface area contributed by atoms with Crippen molar-refractivity contribution in [2.24, 2.45) is 0 Å². The van der Waals surface area contributed by atoms with Gasteiger partial charge in [0.15, 0.2) is 38.7 Å². The van der Waals surface area contributed by atoms with Crippen molar-refractivity contribution in [1.82, 2.24) is 0 Å². The van der Waals surface area contributed by atoms with Crippen LogP contribution in [-0.4, -0.2) is 116 Å². The average molecular weight is 1170 g/mol. The van der Waals surface area contributed by atoms with Crippen LogP contribution in [0.4, 0.5) is 0 Å². The zero-order valence-electron chi connectivity index (χ0n) is 47.8. The topological polar surface area (TPSA) is 213 Å². The summed E-state index contributed by atoms with van der Waals surface area (Å²) in [5.74, 6) is 1.62. The van der Waals surface area contributed by atoms with Crippen LogP contribution in [0.15, 0.2) is 121 Å². The van der Waals surface area contributed by atoms with E-state index in [1.165, 1.54) is 0 Å². The molecule has 0 saturated carbocycles. The van der Waals surface area contributed by atoms with Crippen LogP contribution in [0, 0.1) is 0 Å². The summed E-state index contributed by atoms with van der Waals surface area (Å²) in [5, 5.41) is 0. The van der Waals surface area contributed by atoms with Crippen LogP contribution in [0.3, 0.4) is 0 Å². The lowest BCUT2D eigenvalue weighted by Crippen LogP contribution is -2.27. The summed E-state index contributed by atoms with van der Waals surface area (Å²) >= 11 is 0. The van der Waals surface area contributed by atoms with Gasteiger partial charge in [-0.2, -0.15) is 9.78 Å². The highest BCUT2D eigenvalue weighted by Gasteiger charge is 2.57. The maximum absolute atomic E-state index is 14.3. The van der Waals surface area contributed by atoms with Crippen molar-refractivity contribution < 1.29 is 95.5 Å². The Kier molecular flexibility index (Phi) is 17.6. The van der Waals surface area contributed by atoms with Gasteiger partial charge in [-0.15, -0.1) is 0 Å². The molecule has 4 aliphatic heterocycles. The van der Waals surface area contributed by atoms with E-state index < -0.39 is 28.2 Å². The Labute approximate surface area is 491 Å². The largest absolute Gasteiger partial charge is 0.468 e. The minimum absolute atomic E-state index is 0.0217. The third kappa shape index (κ3) is 15.0. The summed E-state index contributed by atoms with van der Waals surface area (Å²) in [6.45, 7) is 13.8. The summed E-state index contributed by atoms with van der Waals surface area (Å²) in [6, 6.07) is 35.5. The minimum atomic E-state index is -0.692. The molecule has 0 amide bonds. The van der Waals surface area contributed by atoms with Crippen molar-refractivity contribution in [3.05, 3.63) is 166 Å². The molecule has 6 aromatic rings. The Balaban J connectivity index is 0.821. The highest BCUT2D eigenvalue weighted by Crippen LogP contribution is 2.65. The van der Waals surface area contributed by atoms with Gasteiger partial charge in [0.25, 0.3) is 0 Å². The lowest BCUT2D eigenvalue weighted by molar-refractivity contribution is -0.239. The van der Waals surface area contributed by atoms with Gasteiger partial charge in [-0.25, -0.2) is 9.59 Å². The van der Waals surface area contributed by atoms with Gasteiger partial charge in [-0.1, -0.05) is 52.0 Å². The van der Waals surface area contributed by atoms with E-state index in [0.717, 1.165) is 33.4 Å². The molecule has 448 valence electrons. The first-order chi connectivity index (χ1) is 41.3. The molecule has 0 bridgehead atoms. The maximum Gasteiger partial charge on any atom is 0.343 e. The van der Waals surface area contributed by atoms with Gasteiger partial charge in [-0.3, -0.25) is 0 Å². The molecule has 20 nitrogen and oxygen atoms in total. The number of benzene rings is 6. The van der Waals surface area contributed by atoms with Crippen molar-refractivity contribution >= 4 is 11.9 Å². The molecule has 0 N–H and O–H groups in total. The van der Waals surface area contributed by atoms with Crippen LogP contribution in [0.5, 0.6) is 46.0 Å². The van der Waals surface area contributed by atoms with Crippen molar-refractivity contribution in [3.8, 4) is 46.0 Å². The van der Waals surface area contributed by atoms with E-state index in [1.54, 1.807) is 48.5 Å². The monoisotopic (exact) mass is 1170 g/mol. The van der Waals surface area contributed by atoms with E-state index in [0.29, 0.717) is 94.4 Å². The highest BCUT2D eigenvalue weighted by atomic mass is 17.2. The normalized spacial score (nSPS) is 21.3. The third-order valence-electron chi connectivity index (χ3n) is 15.4. The van der Waals surface area contributed by atoms with Crippen LogP contribution >= 0.6 is 0 Å². The number of esters is 2. The summed E-state index contributed by atoms with van der Waals surface area (Å²) in [4.78, 5) is 52.8. The van der Waals surface area contributed by atoms with E-state index >= 15 is 0 Å². The Morgan fingerprint density at radius 2 is 0.706 bits per heavy atom. The van der Waals surface area contributed by atoms with Gasteiger partial charge in [0, 0.05) is 5.41 Å². The number of carbonyl (C=O) groups is 2. The third-order valence-corrected chi connectivity index (χ3v) is 15.4. The molecule has 85 heavy (non-hydrogen) atoms.